The Labute approximate surface area is 165 Å². The Kier molecular flexibility index (Phi) is 5.65. The maximum absolute atomic E-state index is 14.8. The second-order valence-corrected chi connectivity index (χ2v) is 7.41. The number of hydrogen-bond acceptors (Lipinski definition) is 4. The van der Waals surface area contributed by atoms with Crippen molar-refractivity contribution in [2.45, 2.75) is 26.7 Å². The van der Waals surface area contributed by atoms with Crippen LogP contribution < -0.4 is 5.73 Å². The van der Waals surface area contributed by atoms with Crippen molar-refractivity contribution < 1.29 is 19.1 Å². The first-order valence-corrected chi connectivity index (χ1v) is 9.63. The zero-order chi connectivity index (χ0) is 20.4. The van der Waals surface area contributed by atoms with Crippen molar-refractivity contribution in [3.05, 3.63) is 64.0 Å². The summed E-state index contributed by atoms with van der Waals surface area (Å²) in [5, 5.41) is 23.8. The standard InChI is InChI=1S/C21H20F2N2O2S/c1-3-4-12-9-14(13-5-6-16(26)19(23)18(13)22)17(15(10-12)21(24)25-27)20-11(2)7-8-28-20/h5-10,26-27H,3-4H2,1-2H3,(H2,24,25). The second kappa shape index (κ2) is 7.98. The maximum atomic E-state index is 14.8. The van der Waals surface area contributed by atoms with Crippen molar-refractivity contribution >= 4 is 17.2 Å². The third kappa shape index (κ3) is 3.45. The highest BCUT2D eigenvalue weighted by atomic mass is 32.1. The molecule has 0 aliphatic rings. The molecule has 0 saturated carbocycles. The van der Waals surface area contributed by atoms with Crippen LogP contribution in [0.25, 0.3) is 21.6 Å². The molecule has 0 amide bonds. The average molecular weight is 402 g/mol. The van der Waals surface area contributed by atoms with Crippen molar-refractivity contribution in [2.75, 3.05) is 0 Å². The summed E-state index contributed by atoms with van der Waals surface area (Å²) in [6.07, 6.45) is 1.52. The van der Waals surface area contributed by atoms with Gasteiger partial charge in [-0.2, -0.15) is 4.39 Å². The van der Waals surface area contributed by atoms with E-state index >= 15 is 0 Å². The number of hydrogen-bond donors (Lipinski definition) is 3. The lowest BCUT2D eigenvalue weighted by molar-refractivity contribution is 0.318. The highest BCUT2D eigenvalue weighted by Gasteiger charge is 2.23. The van der Waals surface area contributed by atoms with E-state index in [1.165, 1.54) is 17.4 Å². The van der Waals surface area contributed by atoms with Crippen LogP contribution >= 0.6 is 11.3 Å². The molecule has 2 aromatic carbocycles. The molecule has 0 saturated heterocycles. The molecule has 0 spiro atoms. The number of aryl methyl sites for hydroxylation is 2. The predicted molar refractivity (Wildman–Crippen MR) is 108 cm³/mol. The molecule has 0 aliphatic heterocycles. The first-order chi connectivity index (χ1) is 13.4. The smallest absolute Gasteiger partial charge is 0.200 e. The van der Waals surface area contributed by atoms with Gasteiger partial charge in [0.2, 0.25) is 5.82 Å². The maximum Gasteiger partial charge on any atom is 0.200 e. The number of phenols is 1. The monoisotopic (exact) mass is 402 g/mol. The van der Waals surface area contributed by atoms with E-state index in [0.717, 1.165) is 28.5 Å². The van der Waals surface area contributed by atoms with E-state index in [1.807, 2.05) is 31.4 Å². The van der Waals surface area contributed by atoms with Gasteiger partial charge in [0.05, 0.1) is 0 Å². The minimum atomic E-state index is -1.31. The molecular weight excluding hydrogens is 382 g/mol. The number of nitrogens with two attached hydrogens (primary N) is 1. The summed E-state index contributed by atoms with van der Waals surface area (Å²) >= 11 is 1.43. The Morgan fingerprint density at radius 3 is 2.50 bits per heavy atom. The molecule has 0 fully saturated rings. The molecule has 7 heteroatoms. The van der Waals surface area contributed by atoms with Gasteiger partial charge in [0.25, 0.3) is 0 Å². The van der Waals surface area contributed by atoms with Crippen LogP contribution in [-0.4, -0.2) is 16.1 Å². The topological polar surface area (TPSA) is 78.8 Å². The molecule has 0 atom stereocenters. The van der Waals surface area contributed by atoms with E-state index in [0.29, 0.717) is 23.1 Å². The molecule has 4 N–H and O–H groups in total. The van der Waals surface area contributed by atoms with Gasteiger partial charge in [-0.05, 0) is 59.7 Å². The highest BCUT2D eigenvalue weighted by Crippen LogP contribution is 2.42. The highest BCUT2D eigenvalue weighted by molar-refractivity contribution is 7.13. The molecule has 0 bridgehead atoms. The van der Waals surface area contributed by atoms with Gasteiger partial charge in [0.15, 0.2) is 17.4 Å². The molecule has 0 radical (unpaired) electrons. The van der Waals surface area contributed by atoms with E-state index in [9.17, 15) is 19.1 Å². The molecule has 1 heterocycles. The molecule has 0 aliphatic carbocycles. The number of halogens is 2. The number of amidine groups is 1. The van der Waals surface area contributed by atoms with Gasteiger partial charge in [-0.15, -0.1) is 11.3 Å². The number of phenolic OH excluding ortho intramolecular Hbond substituents is 1. The van der Waals surface area contributed by atoms with E-state index in [2.05, 4.69) is 5.16 Å². The molecule has 3 rings (SSSR count). The number of aromatic hydroxyl groups is 1. The van der Waals surface area contributed by atoms with Crippen molar-refractivity contribution in [1.29, 1.82) is 0 Å². The molecular formula is C21H20F2N2O2S. The number of rotatable bonds is 5. The average Bonchev–Trinajstić information content (AvgIpc) is 3.11. The van der Waals surface area contributed by atoms with Crippen LogP contribution in [0, 0.1) is 18.6 Å². The quantitative estimate of drug-likeness (QED) is 0.231. The normalized spacial score (nSPS) is 11.8. The lowest BCUT2D eigenvalue weighted by Crippen LogP contribution is -2.15. The van der Waals surface area contributed by atoms with Crippen LogP contribution in [-0.2, 0) is 6.42 Å². The van der Waals surface area contributed by atoms with Gasteiger partial charge in [-0.1, -0.05) is 24.6 Å². The minimum absolute atomic E-state index is 0.00282. The van der Waals surface area contributed by atoms with E-state index in [4.69, 9.17) is 5.73 Å². The zero-order valence-corrected chi connectivity index (χ0v) is 16.3. The summed E-state index contributed by atoms with van der Waals surface area (Å²) in [6.45, 7) is 3.90. The Bertz CT molecular complexity index is 1060. The lowest BCUT2D eigenvalue weighted by Gasteiger charge is -2.18. The first kappa shape index (κ1) is 19.8. The summed E-state index contributed by atoms with van der Waals surface area (Å²) < 4.78 is 28.9. The van der Waals surface area contributed by atoms with Crippen LogP contribution in [0.3, 0.4) is 0 Å². The van der Waals surface area contributed by atoms with Gasteiger partial charge < -0.3 is 16.0 Å². The number of nitrogens with zero attached hydrogens (tertiary/aromatic N) is 1. The van der Waals surface area contributed by atoms with Gasteiger partial charge in [0, 0.05) is 21.6 Å². The predicted octanol–water partition coefficient (Wildman–Crippen LogP) is 5.42. The SMILES string of the molecule is CCCc1cc(C(N)=NO)c(-c2sccc2C)c(-c2ccc(O)c(F)c2F)c1. The summed E-state index contributed by atoms with van der Waals surface area (Å²) in [7, 11) is 0. The van der Waals surface area contributed by atoms with E-state index in [1.54, 1.807) is 6.07 Å². The number of oxime groups is 1. The third-order valence-electron chi connectivity index (χ3n) is 4.56. The molecule has 146 valence electrons. The van der Waals surface area contributed by atoms with Crippen molar-refractivity contribution in [2.24, 2.45) is 10.9 Å². The Balaban J connectivity index is 2.45. The van der Waals surface area contributed by atoms with Gasteiger partial charge >= 0.3 is 0 Å². The fourth-order valence-electron chi connectivity index (χ4n) is 3.22. The minimum Gasteiger partial charge on any atom is -0.505 e. The molecule has 0 unspecified atom stereocenters. The van der Waals surface area contributed by atoms with E-state index < -0.39 is 17.4 Å². The van der Waals surface area contributed by atoms with Crippen LogP contribution in [0.15, 0.2) is 40.9 Å². The first-order valence-electron chi connectivity index (χ1n) is 8.75. The molecule has 3 aromatic rings. The lowest BCUT2D eigenvalue weighted by atomic mass is 9.89. The molecule has 1 aromatic heterocycles. The summed E-state index contributed by atoms with van der Waals surface area (Å²) in [5.74, 6) is -3.31. The van der Waals surface area contributed by atoms with Crippen LogP contribution in [0.2, 0.25) is 0 Å². The fourth-order valence-corrected chi connectivity index (χ4v) is 4.22. The third-order valence-corrected chi connectivity index (χ3v) is 5.60. The van der Waals surface area contributed by atoms with Crippen LogP contribution in [0.5, 0.6) is 5.75 Å². The summed E-state index contributed by atoms with van der Waals surface area (Å²) in [5.41, 5.74) is 9.17. The second-order valence-electron chi connectivity index (χ2n) is 6.49. The zero-order valence-electron chi connectivity index (χ0n) is 15.5. The number of benzene rings is 2. The fraction of sp³-hybridized carbons (Fsp3) is 0.190. The van der Waals surface area contributed by atoms with E-state index in [-0.39, 0.29) is 11.4 Å². The van der Waals surface area contributed by atoms with Crippen molar-refractivity contribution in [3.63, 3.8) is 0 Å². The van der Waals surface area contributed by atoms with Crippen molar-refractivity contribution in [1.82, 2.24) is 0 Å². The molecule has 28 heavy (non-hydrogen) atoms. The molecule has 4 nitrogen and oxygen atoms in total. The Morgan fingerprint density at radius 2 is 1.89 bits per heavy atom. The summed E-state index contributed by atoms with van der Waals surface area (Å²) in [4.78, 5) is 0.813. The van der Waals surface area contributed by atoms with Crippen molar-refractivity contribution in [3.8, 4) is 27.3 Å². The Hall–Kier alpha value is -2.93. The van der Waals surface area contributed by atoms with Crippen LogP contribution in [0.1, 0.15) is 30.0 Å². The number of thiophene rings is 1. The van der Waals surface area contributed by atoms with Gasteiger partial charge in [-0.3, -0.25) is 0 Å². The van der Waals surface area contributed by atoms with Gasteiger partial charge in [0.1, 0.15) is 0 Å². The largest absolute Gasteiger partial charge is 0.505 e. The van der Waals surface area contributed by atoms with Gasteiger partial charge in [-0.25, -0.2) is 4.39 Å². The Morgan fingerprint density at radius 1 is 1.14 bits per heavy atom. The summed E-state index contributed by atoms with van der Waals surface area (Å²) in [6, 6.07) is 7.97. The van der Waals surface area contributed by atoms with Crippen LogP contribution in [0.4, 0.5) is 8.78 Å².